The summed E-state index contributed by atoms with van der Waals surface area (Å²) in [7, 11) is 0. The summed E-state index contributed by atoms with van der Waals surface area (Å²) in [5.74, 6) is 0.129. The van der Waals surface area contributed by atoms with Crippen LogP contribution in [0.5, 0.6) is 5.75 Å². The predicted octanol–water partition coefficient (Wildman–Crippen LogP) is 0.804. The Balaban J connectivity index is 3.05. The molecule has 0 fully saturated rings. The average molecular weight is 207 g/mol. The summed E-state index contributed by atoms with van der Waals surface area (Å²) in [5, 5.41) is 19.2. The number of nitrogens with zero attached hydrogens (tertiary/aromatic N) is 2. The molecular formula is C9H9N3O3. The zero-order valence-corrected chi connectivity index (χ0v) is 7.84. The maximum absolute atomic E-state index is 10.6. The second-order valence-corrected chi connectivity index (χ2v) is 2.69. The van der Waals surface area contributed by atoms with Crippen LogP contribution < -0.4 is 10.5 Å². The standard InChI is InChI=1S/C9H9N3O3/c10-3-4-15-9-2-1-7(6-11)5-8(9)12(13)14/h1-2,5H,3-4,10H2. The Hall–Kier alpha value is -2.13. The van der Waals surface area contributed by atoms with Crippen LogP contribution in [0.25, 0.3) is 0 Å². The smallest absolute Gasteiger partial charge is 0.312 e. The Morgan fingerprint density at radius 2 is 2.33 bits per heavy atom. The van der Waals surface area contributed by atoms with Gasteiger partial charge in [-0.3, -0.25) is 10.1 Å². The maximum atomic E-state index is 10.6. The molecule has 1 aromatic carbocycles. The van der Waals surface area contributed by atoms with E-state index in [9.17, 15) is 10.1 Å². The van der Waals surface area contributed by atoms with Crippen molar-refractivity contribution in [2.75, 3.05) is 13.2 Å². The van der Waals surface area contributed by atoms with Crippen LogP contribution >= 0.6 is 0 Å². The van der Waals surface area contributed by atoms with E-state index in [0.29, 0.717) is 0 Å². The first-order chi connectivity index (χ1) is 7.19. The second-order valence-electron chi connectivity index (χ2n) is 2.69. The van der Waals surface area contributed by atoms with Crippen molar-refractivity contribution in [2.45, 2.75) is 0 Å². The summed E-state index contributed by atoms with van der Waals surface area (Å²) >= 11 is 0. The van der Waals surface area contributed by atoms with Crippen molar-refractivity contribution in [3.8, 4) is 11.8 Å². The third-order valence-corrected chi connectivity index (χ3v) is 1.66. The molecule has 1 rings (SSSR count). The van der Waals surface area contributed by atoms with Gasteiger partial charge in [0.25, 0.3) is 0 Å². The number of nitro benzene ring substituents is 1. The Labute approximate surface area is 86.0 Å². The molecule has 6 heteroatoms. The highest BCUT2D eigenvalue weighted by atomic mass is 16.6. The van der Waals surface area contributed by atoms with Crippen molar-refractivity contribution in [2.24, 2.45) is 5.73 Å². The molecule has 78 valence electrons. The van der Waals surface area contributed by atoms with Crippen molar-refractivity contribution in [3.63, 3.8) is 0 Å². The lowest BCUT2D eigenvalue weighted by Crippen LogP contribution is -2.11. The summed E-state index contributed by atoms with van der Waals surface area (Å²) in [6.45, 7) is 0.476. The molecule has 0 amide bonds. The molecule has 0 atom stereocenters. The third kappa shape index (κ3) is 2.65. The van der Waals surface area contributed by atoms with E-state index in [1.165, 1.54) is 18.2 Å². The highest BCUT2D eigenvalue weighted by Crippen LogP contribution is 2.27. The molecule has 15 heavy (non-hydrogen) atoms. The molecule has 0 aliphatic heterocycles. The first-order valence-corrected chi connectivity index (χ1v) is 4.20. The van der Waals surface area contributed by atoms with Gasteiger partial charge in [-0.1, -0.05) is 0 Å². The SMILES string of the molecule is N#Cc1ccc(OCCN)c([N+](=O)[O-])c1. The Morgan fingerprint density at radius 3 is 2.87 bits per heavy atom. The van der Waals surface area contributed by atoms with Gasteiger partial charge in [-0.05, 0) is 12.1 Å². The predicted molar refractivity (Wildman–Crippen MR) is 52.4 cm³/mol. The first-order valence-electron chi connectivity index (χ1n) is 4.20. The van der Waals surface area contributed by atoms with E-state index >= 15 is 0 Å². The summed E-state index contributed by atoms with van der Waals surface area (Å²) < 4.78 is 5.07. The molecule has 6 nitrogen and oxygen atoms in total. The number of ether oxygens (including phenoxy) is 1. The minimum absolute atomic E-state index is 0.129. The van der Waals surface area contributed by atoms with E-state index < -0.39 is 4.92 Å². The zero-order valence-electron chi connectivity index (χ0n) is 7.84. The van der Waals surface area contributed by atoms with Crippen molar-refractivity contribution < 1.29 is 9.66 Å². The highest BCUT2D eigenvalue weighted by molar-refractivity contribution is 5.51. The number of nitrogens with two attached hydrogens (primary N) is 1. The average Bonchev–Trinajstić information content (AvgIpc) is 2.26. The number of hydrogen-bond acceptors (Lipinski definition) is 5. The number of nitriles is 1. The van der Waals surface area contributed by atoms with Gasteiger partial charge in [-0.2, -0.15) is 5.26 Å². The Bertz CT molecular complexity index is 412. The molecule has 0 aliphatic rings. The maximum Gasteiger partial charge on any atom is 0.312 e. The summed E-state index contributed by atoms with van der Waals surface area (Å²) in [6.07, 6.45) is 0. The van der Waals surface area contributed by atoms with Gasteiger partial charge < -0.3 is 10.5 Å². The van der Waals surface area contributed by atoms with Crippen LogP contribution in [0.4, 0.5) is 5.69 Å². The topological polar surface area (TPSA) is 102 Å². The van der Waals surface area contributed by atoms with Crippen LogP contribution in [-0.4, -0.2) is 18.1 Å². The monoisotopic (exact) mass is 207 g/mol. The largest absolute Gasteiger partial charge is 0.485 e. The fourth-order valence-corrected chi connectivity index (χ4v) is 1.02. The molecule has 0 radical (unpaired) electrons. The quantitative estimate of drug-likeness (QED) is 0.581. The highest BCUT2D eigenvalue weighted by Gasteiger charge is 2.15. The molecule has 1 aromatic rings. The number of benzene rings is 1. The summed E-state index contributed by atoms with van der Waals surface area (Å²) in [5.41, 5.74) is 5.22. The van der Waals surface area contributed by atoms with Gasteiger partial charge >= 0.3 is 5.69 Å². The molecule has 0 unspecified atom stereocenters. The molecular weight excluding hydrogens is 198 g/mol. The number of rotatable bonds is 4. The lowest BCUT2D eigenvalue weighted by atomic mass is 10.2. The van der Waals surface area contributed by atoms with Crippen LogP contribution in [0.3, 0.4) is 0 Å². The molecule has 0 saturated heterocycles. The lowest BCUT2D eigenvalue weighted by molar-refractivity contribution is -0.385. The lowest BCUT2D eigenvalue weighted by Gasteiger charge is -2.04. The van der Waals surface area contributed by atoms with E-state index in [2.05, 4.69) is 0 Å². The van der Waals surface area contributed by atoms with Crippen LogP contribution in [0, 0.1) is 21.4 Å². The van der Waals surface area contributed by atoms with Crippen molar-refractivity contribution in [3.05, 3.63) is 33.9 Å². The molecule has 2 N–H and O–H groups in total. The van der Waals surface area contributed by atoms with Gasteiger partial charge in [0.1, 0.15) is 6.61 Å². The van der Waals surface area contributed by atoms with Crippen LogP contribution in [0.2, 0.25) is 0 Å². The summed E-state index contributed by atoms with van der Waals surface area (Å²) in [6, 6.07) is 5.85. The van der Waals surface area contributed by atoms with Crippen LogP contribution in [0.1, 0.15) is 5.56 Å². The molecule has 0 aliphatic carbocycles. The molecule has 0 aromatic heterocycles. The third-order valence-electron chi connectivity index (χ3n) is 1.66. The van der Waals surface area contributed by atoms with Gasteiger partial charge in [0.15, 0.2) is 5.75 Å². The van der Waals surface area contributed by atoms with Crippen LogP contribution in [0.15, 0.2) is 18.2 Å². The second kappa shape index (κ2) is 4.93. The van der Waals surface area contributed by atoms with Crippen molar-refractivity contribution >= 4 is 5.69 Å². The van der Waals surface area contributed by atoms with Crippen molar-refractivity contribution in [1.29, 1.82) is 5.26 Å². The van der Waals surface area contributed by atoms with Gasteiger partial charge in [-0.25, -0.2) is 0 Å². The molecule has 0 spiro atoms. The van der Waals surface area contributed by atoms with Gasteiger partial charge in [0.2, 0.25) is 0 Å². The Morgan fingerprint density at radius 1 is 1.60 bits per heavy atom. The van der Waals surface area contributed by atoms with E-state index in [4.69, 9.17) is 15.7 Å². The van der Waals surface area contributed by atoms with Gasteiger partial charge in [0, 0.05) is 12.6 Å². The minimum Gasteiger partial charge on any atom is -0.485 e. The first kappa shape index (κ1) is 10.9. The number of nitro groups is 1. The van der Waals surface area contributed by atoms with Gasteiger partial charge in [0.05, 0.1) is 16.6 Å². The number of hydrogen-bond donors (Lipinski definition) is 1. The zero-order chi connectivity index (χ0) is 11.3. The minimum atomic E-state index is -0.591. The molecule has 0 heterocycles. The van der Waals surface area contributed by atoms with Gasteiger partial charge in [-0.15, -0.1) is 0 Å². The van der Waals surface area contributed by atoms with E-state index in [1.54, 1.807) is 0 Å². The normalized spacial score (nSPS) is 9.33. The fraction of sp³-hybridized carbons (Fsp3) is 0.222. The summed E-state index contributed by atoms with van der Waals surface area (Å²) in [4.78, 5) is 10.0. The van der Waals surface area contributed by atoms with Crippen LogP contribution in [-0.2, 0) is 0 Å². The Kier molecular flexibility index (Phi) is 3.60. The van der Waals surface area contributed by atoms with E-state index in [0.717, 1.165) is 0 Å². The van der Waals surface area contributed by atoms with E-state index in [1.807, 2.05) is 6.07 Å². The van der Waals surface area contributed by atoms with Crippen molar-refractivity contribution in [1.82, 2.24) is 0 Å². The van der Waals surface area contributed by atoms with E-state index in [-0.39, 0.29) is 30.2 Å². The molecule has 0 saturated carbocycles. The fourth-order valence-electron chi connectivity index (χ4n) is 1.02. The molecule has 0 bridgehead atoms.